The first kappa shape index (κ1) is 114. The van der Waals surface area contributed by atoms with Crippen molar-refractivity contribution in [3.05, 3.63) is 24.3 Å². The van der Waals surface area contributed by atoms with Crippen LogP contribution in [-0.4, -0.2) is 136 Å². The molecular formula is C85H164N4Na2O18P2. The maximum Gasteiger partial charge on any atom is 1.00 e. The molecule has 0 aliphatic rings. The molecule has 0 saturated carbocycles. The van der Waals surface area contributed by atoms with E-state index in [4.69, 9.17) is 37.0 Å². The van der Waals surface area contributed by atoms with Crippen molar-refractivity contribution in [2.45, 2.75) is 419 Å². The minimum atomic E-state index is -4.74. The summed E-state index contributed by atoms with van der Waals surface area (Å²) in [5.74, 6) is -2.45. The predicted molar refractivity (Wildman–Crippen MR) is 443 cm³/mol. The molecule has 22 nitrogen and oxygen atoms in total. The first-order chi connectivity index (χ1) is 52.9. The van der Waals surface area contributed by atoms with Crippen LogP contribution in [-0.2, 0) is 74.9 Å². The van der Waals surface area contributed by atoms with E-state index in [1.54, 1.807) is 0 Å². The number of phosphoric ester groups is 2. The van der Waals surface area contributed by atoms with E-state index in [1.165, 1.54) is 141 Å². The maximum absolute atomic E-state index is 13.3. The summed E-state index contributed by atoms with van der Waals surface area (Å²) in [6, 6.07) is -1.65. The van der Waals surface area contributed by atoms with E-state index < -0.39 is 72.4 Å². The Balaban J connectivity index is -0.00000972. The zero-order chi connectivity index (χ0) is 80.0. The van der Waals surface area contributed by atoms with Crippen LogP contribution in [0.15, 0.2) is 24.3 Å². The van der Waals surface area contributed by atoms with Gasteiger partial charge in [0, 0.05) is 51.6 Å². The molecule has 6 atom stereocenters. The Morgan fingerprint density at radius 3 is 0.919 bits per heavy atom. The van der Waals surface area contributed by atoms with Crippen LogP contribution in [0, 0.1) is 0 Å². The van der Waals surface area contributed by atoms with E-state index in [0.29, 0.717) is 64.2 Å². The molecule has 4 amide bonds. The van der Waals surface area contributed by atoms with Crippen LogP contribution >= 0.6 is 15.6 Å². The zero-order valence-corrected chi connectivity index (χ0v) is 77.7. The Bertz CT molecular complexity index is 2190. The Morgan fingerprint density at radius 2 is 0.604 bits per heavy atom. The Hall–Kier alpha value is -1.56. The number of nitrogens with one attached hydrogen (secondary N) is 4. The second-order valence-electron chi connectivity index (χ2n) is 30.0. The summed E-state index contributed by atoms with van der Waals surface area (Å²) < 4.78 is 71.4. The van der Waals surface area contributed by atoms with Crippen LogP contribution in [0.2, 0.25) is 0 Å². The number of esters is 2. The van der Waals surface area contributed by atoms with E-state index in [-0.39, 0.29) is 150 Å². The fourth-order valence-corrected chi connectivity index (χ4v) is 14.1. The van der Waals surface area contributed by atoms with Crippen molar-refractivity contribution in [2.75, 3.05) is 65.9 Å². The van der Waals surface area contributed by atoms with Gasteiger partial charge in [0.25, 0.3) is 0 Å². The van der Waals surface area contributed by atoms with E-state index in [9.17, 15) is 47.7 Å². The smallest absolute Gasteiger partial charge is 1.00 e. The molecule has 0 aliphatic carbocycles. The molecule has 0 aromatic carbocycles. The first-order valence-electron chi connectivity index (χ1n) is 44.1. The molecule has 0 rings (SSSR count). The van der Waals surface area contributed by atoms with Gasteiger partial charge < -0.3 is 52.9 Å². The third-order valence-corrected chi connectivity index (χ3v) is 21.2. The molecule has 0 saturated heterocycles. The van der Waals surface area contributed by atoms with Gasteiger partial charge in [-0.05, 0) is 89.9 Å². The minimum absolute atomic E-state index is 0. The van der Waals surface area contributed by atoms with Gasteiger partial charge in [-0.15, -0.1) is 0 Å². The van der Waals surface area contributed by atoms with Gasteiger partial charge in [-0.2, -0.15) is 0 Å². The first-order valence-corrected chi connectivity index (χ1v) is 47.1. The zero-order valence-electron chi connectivity index (χ0n) is 73.9. The van der Waals surface area contributed by atoms with Crippen molar-refractivity contribution < 1.29 is 147 Å². The van der Waals surface area contributed by atoms with Gasteiger partial charge in [-0.25, -0.2) is 9.13 Å². The summed E-state index contributed by atoms with van der Waals surface area (Å²) in [4.78, 5) is 99.4. The van der Waals surface area contributed by atoms with Crippen molar-refractivity contribution in [1.82, 2.24) is 21.3 Å². The van der Waals surface area contributed by atoms with E-state index in [2.05, 4.69) is 87.1 Å². The maximum atomic E-state index is 13.3. The van der Waals surface area contributed by atoms with E-state index in [0.717, 1.165) is 128 Å². The second-order valence-corrected chi connectivity index (χ2v) is 32.9. The van der Waals surface area contributed by atoms with Gasteiger partial charge in [-0.3, -0.25) is 46.9 Å². The third-order valence-electron chi connectivity index (χ3n) is 19.2. The number of rotatable bonds is 84. The van der Waals surface area contributed by atoms with Crippen LogP contribution in [0.4, 0.5) is 0 Å². The van der Waals surface area contributed by atoms with Gasteiger partial charge in [-0.1, -0.05) is 284 Å². The van der Waals surface area contributed by atoms with Crippen LogP contribution in [0.25, 0.3) is 0 Å². The van der Waals surface area contributed by atoms with Crippen molar-refractivity contribution in [1.29, 1.82) is 0 Å². The molecule has 4 unspecified atom stereocenters. The number of amides is 4. The van der Waals surface area contributed by atoms with E-state index in [1.807, 2.05) is 0 Å². The summed E-state index contributed by atoms with van der Waals surface area (Å²) in [7, 11) is -9.47. The molecule has 0 bridgehead atoms. The van der Waals surface area contributed by atoms with Gasteiger partial charge in [0.1, 0.15) is 18.6 Å². The average molecular weight is 1640 g/mol. The fraction of sp³-hybridized carbons (Fsp3) is 0.882. The molecule has 644 valence electrons. The summed E-state index contributed by atoms with van der Waals surface area (Å²) >= 11 is 0. The molecule has 0 aromatic rings. The average Bonchev–Trinajstić information content (AvgIpc) is 0.910. The monoisotopic (exact) mass is 1640 g/mol. The quantitative estimate of drug-likeness (QED) is 0.00823. The SMILES string of the molecule is CCCCCC/C=C\CCCC(=O)O[C@H](CCCCCCC)CCOCC(COP(=O)(O)OCCNC(=O)CC(=O)NCCOP(=O)(O)OCC(COCC[C@@H](CCCCCCC)OC(=O)CCC/C=C\CCCCCC)NC(=O)CCCCCCCCCCCCC)NC(=O)CCCCCCCCCCCCC.[H-].[H-].[Na+].[Na+]. The molecule has 111 heavy (non-hydrogen) atoms. The van der Waals surface area contributed by atoms with Crippen molar-refractivity contribution in [3.8, 4) is 0 Å². The molecular weight excluding hydrogens is 1470 g/mol. The molecule has 26 heteroatoms. The van der Waals surface area contributed by atoms with Gasteiger partial charge in [0.05, 0.1) is 64.9 Å². The fourth-order valence-electron chi connectivity index (χ4n) is 12.6. The number of unbranched alkanes of at least 4 members (excludes halogenated alkanes) is 38. The summed E-state index contributed by atoms with van der Waals surface area (Å²) in [5, 5.41) is 10.7. The van der Waals surface area contributed by atoms with Crippen molar-refractivity contribution in [2.24, 2.45) is 0 Å². The topological polar surface area (TPSA) is 299 Å². The Kier molecular flexibility index (Phi) is 86.9. The van der Waals surface area contributed by atoms with Gasteiger partial charge in [0.15, 0.2) is 0 Å². The molecule has 6 N–H and O–H groups in total. The molecule has 0 heterocycles. The van der Waals surface area contributed by atoms with Crippen LogP contribution in [0.1, 0.15) is 398 Å². The molecule has 0 aromatic heterocycles. The number of carbonyl (C=O) groups excluding carboxylic acids is 6. The standard InChI is InChI=1S/C85H162N4O18P2.2Na.2H/c1-7-13-19-25-29-33-35-39-41-47-53-59-80(90)88-76(72-100-67-63-78(57-51-45-23-17-11-5)106-84(94)61-55-49-43-37-31-27-21-15-9-3)74-104-108(96,97)102-69-65-86-82(92)71-83(93)87-66-70-103-109(98,99)105-75-77(89-81(91)60-54-48-42-40-36-34-30-26-20-14-8-2)73-101-68-64-79(58-52-46-24-18-12-6)107-85(95)62-56-50-44-38-32-28-22-16-10-4;;;;/h37-38,43-44,76-79H,7-36,39-42,45-75H2,1-6H3,(H,86,92)(H,87,93)(H,88,90)(H,89,91)(H,96,97)(H,98,99);;;;/q;2*+1;2*-1/b43-37-,44-38-;;;;/t76?,77?,78-,79-;;;;/m1..../s1. The van der Waals surface area contributed by atoms with Crippen LogP contribution < -0.4 is 80.4 Å². The third kappa shape index (κ3) is 82.0. The predicted octanol–water partition coefficient (Wildman–Crippen LogP) is 15.2. The Labute approximate surface area is 723 Å². The van der Waals surface area contributed by atoms with Gasteiger partial charge >= 0.3 is 86.7 Å². The molecule has 0 aliphatic heterocycles. The number of ether oxygens (including phenoxy) is 4. The summed E-state index contributed by atoms with van der Waals surface area (Å²) in [5.41, 5.74) is 0. The van der Waals surface area contributed by atoms with Crippen LogP contribution in [0.5, 0.6) is 0 Å². The molecule has 0 radical (unpaired) electrons. The minimum Gasteiger partial charge on any atom is -1.00 e. The number of carbonyl (C=O) groups is 6. The summed E-state index contributed by atoms with van der Waals surface area (Å²) in [6.45, 7) is 11.2. The largest absolute Gasteiger partial charge is 1.00 e. The molecule has 0 spiro atoms. The van der Waals surface area contributed by atoms with Crippen molar-refractivity contribution in [3.63, 3.8) is 0 Å². The molecule has 0 fully saturated rings. The summed E-state index contributed by atoms with van der Waals surface area (Å²) in [6.07, 6.45) is 61.3. The number of hydrogen-bond donors (Lipinski definition) is 6. The number of phosphoric acid groups is 2. The van der Waals surface area contributed by atoms with Gasteiger partial charge in [0.2, 0.25) is 23.6 Å². The Morgan fingerprint density at radius 1 is 0.324 bits per heavy atom. The van der Waals surface area contributed by atoms with Crippen molar-refractivity contribution >= 4 is 51.2 Å². The normalized spacial score (nSPS) is 13.7. The van der Waals surface area contributed by atoms with Crippen LogP contribution in [0.3, 0.4) is 0 Å². The number of hydrogen-bond acceptors (Lipinski definition) is 16. The number of allylic oxidation sites excluding steroid dienone is 4. The second kappa shape index (κ2) is 84.9. The van der Waals surface area contributed by atoms with E-state index >= 15 is 0 Å².